The topological polar surface area (TPSA) is 0 Å². The summed E-state index contributed by atoms with van der Waals surface area (Å²) in [7, 11) is 1.96. The summed E-state index contributed by atoms with van der Waals surface area (Å²) in [5.41, 5.74) is 0. The zero-order valence-corrected chi connectivity index (χ0v) is 18.1. The first-order chi connectivity index (χ1) is 10.8. The summed E-state index contributed by atoms with van der Waals surface area (Å²) in [6.07, 6.45) is 0. The molecule has 3 aromatic rings. The molecular formula is C19H18Br2P2. The highest BCUT2D eigenvalue weighted by atomic mass is 79.9. The Labute approximate surface area is 159 Å². The van der Waals surface area contributed by atoms with E-state index in [0.29, 0.717) is 0 Å². The summed E-state index contributed by atoms with van der Waals surface area (Å²) >= 11 is 3.89. The van der Waals surface area contributed by atoms with Crippen molar-refractivity contribution in [1.29, 1.82) is 0 Å². The van der Waals surface area contributed by atoms with Crippen LogP contribution in [0.4, 0.5) is 0 Å². The molecule has 0 aliphatic carbocycles. The van der Waals surface area contributed by atoms with Gasteiger partial charge in [-0.2, -0.15) is 0 Å². The zero-order chi connectivity index (χ0) is 15.4. The Bertz CT molecular complexity index is 693. The van der Waals surface area contributed by atoms with E-state index in [1.54, 1.807) is 0 Å². The van der Waals surface area contributed by atoms with Gasteiger partial charge in [0, 0.05) is 16.1 Å². The smallest absolute Gasteiger partial charge is 0.135 e. The molecule has 0 saturated carbocycles. The highest BCUT2D eigenvalue weighted by molar-refractivity contribution is 9.22. The molecule has 0 bridgehead atoms. The van der Waals surface area contributed by atoms with Crippen molar-refractivity contribution in [2.75, 3.05) is 0 Å². The molecule has 23 heavy (non-hydrogen) atoms. The Hall–Kier alpha value is -0.650. The van der Waals surface area contributed by atoms with Gasteiger partial charge >= 0.3 is 0 Å². The van der Waals surface area contributed by atoms with Gasteiger partial charge in [-0.15, -0.1) is 0 Å². The number of rotatable bonds is 3. The number of benzene rings is 3. The SMILES string of the molecule is [Br-].[PH3+]C(Br)=P(c1ccccc1)(c1ccccc1)c1ccccc1. The lowest BCUT2D eigenvalue weighted by molar-refractivity contribution is -0.00000393. The van der Waals surface area contributed by atoms with Crippen LogP contribution in [0.25, 0.3) is 0 Å². The van der Waals surface area contributed by atoms with Gasteiger partial charge in [0.2, 0.25) is 0 Å². The Balaban J connectivity index is 0.00000192. The van der Waals surface area contributed by atoms with Gasteiger partial charge in [0.1, 0.15) is 3.94 Å². The molecule has 4 heteroatoms. The van der Waals surface area contributed by atoms with Crippen LogP contribution in [0.2, 0.25) is 0 Å². The zero-order valence-electron chi connectivity index (χ0n) is 12.6. The summed E-state index contributed by atoms with van der Waals surface area (Å²) in [5.74, 6) is 0. The van der Waals surface area contributed by atoms with E-state index in [2.05, 4.69) is 107 Å². The van der Waals surface area contributed by atoms with E-state index in [9.17, 15) is 0 Å². The van der Waals surface area contributed by atoms with Crippen LogP contribution in [0.5, 0.6) is 0 Å². The van der Waals surface area contributed by atoms with Gasteiger partial charge in [-0.1, -0.05) is 91.0 Å². The van der Waals surface area contributed by atoms with E-state index >= 15 is 0 Å². The second kappa shape index (κ2) is 8.45. The summed E-state index contributed by atoms with van der Waals surface area (Å²) in [6, 6.07) is 32.6. The summed E-state index contributed by atoms with van der Waals surface area (Å²) < 4.78 is 1.32. The third kappa shape index (κ3) is 3.57. The van der Waals surface area contributed by atoms with Crippen molar-refractivity contribution in [2.24, 2.45) is 0 Å². The maximum absolute atomic E-state index is 3.89. The van der Waals surface area contributed by atoms with Crippen molar-refractivity contribution in [1.82, 2.24) is 0 Å². The van der Waals surface area contributed by atoms with Gasteiger partial charge in [-0.25, -0.2) is 0 Å². The Morgan fingerprint density at radius 2 is 0.870 bits per heavy atom. The number of hydrogen-bond donors (Lipinski definition) is 0. The van der Waals surface area contributed by atoms with Crippen molar-refractivity contribution < 1.29 is 17.0 Å². The van der Waals surface area contributed by atoms with E-state index in [0.717, 1.165) is 0 Å². The molecule has 0 saturated heterocycles. The predicted octanol–water partition coefficient (Wildman–Crippen LogP) is 1.07. The fourth-order valence-electron chi connectivity index (χ4n) is 2.82. The molecule has 0 radical (unpaired) electrons. The molecule has 3 rings (SSSR count). The van der Waals surface area contributed by atoms with Crippen molar-refractivity contribution in [3.8, 4) is 0 Å². The molecule has 0 fully saturated rings. The number of halogens is 2. The Morgan fingerprint density at radius 3 is 1.09 bits per heavy atom. The molecule has 0 aromatic heterocycles. The quantitative estimate of drug-likeness (QED) is 0.506. The minimum atomic E-state index is -1.78. The Kier molecular flexibility index (Phi) is 6.86. The lowest BCUT2D eigenvalue weighted by atomic mass is 10.4. The molecule has 0 heterocycles. The molecular weight excluding hydrogens is 450 g/mol. The van der Waals surface area contributed by atoms with Crippen LogP contribution < -0.4 is 32.9 Å². The van der Waals surface area contributed by atoms with Gasteiger partial charge in [-0.05, 0) is 31.8 Å². The molecule has 1 atom stereocenters. The monoisotopic (exact) mass is 466 g/mol. The molecule has 3 aromatic carbocycles. The largest absolute Gasteiger partial charge is 1.00 e. The van der Waals surface area contributed by atoms with Crippen LogP contribution in [0.1, 0.15) is 0 Å². The normalized spacial score (nSPS) is 10.8. The standard InChI is InChI=1S/C19H17BrP2.BrH/c20-19(21)22(16-10-4-1-5-11-16,17-12-6-2-7-13-17)18-14-8-3-9-15-18;/h1-15H,21H2;1H. The Morgan fingerprint density at radius 1 is 0.609 bits per heavy atom. The maximum atomic E-state index is 3.89. The van der Waals surface area contributed by atoms with Gasteiger partial charge in [0.15, 0.2) is 0 Å². The van der Waals surface area contributed by atoms with Crippen LogP contribution in [0, 0.1) is 0 Å². The molecule has 0 amide bonds. The van der Waals surface area contributed by atoms with Crippen LogP contribution in [-0.4, -0.2) is 3.94 Å². The summed E-state index contributed by atoms with van der Waals surface area (Å²) in [4.78, 5) is 0. The van der Waals surface area contributed by atoms with Crippen LogP contribution in [0.15, 0.2) is 91.0 Å². The summed E-state index contributed by atoms with van der Waals surface area (Å²) in [5, 5.41) is 4.15. The van der Waals surface area contributed by atoms with Crippen LogP contribution in [0.3, 0.4) is 0 Å². The number of hydrogen-bond acceptors (Lipinski definition) is 0. The maximum Gasteiger partial charge on any atom is 0.135 e. The minimum absolute atomic E-state index is 0. The first kappa shape index (κ1) is 18.7. The van der Waals surface area contributed by atoms with Gasteiger partial charge in [0.25, 0.3) is 0 Å². The predicted molar refractivity (Wildman–Crippen MR) is 110 cm³/mol. The van der Waals surface area contributed by atoms with E-state index in [1.807, 2.05) is 9.24 Å². The van der Waals surface area contributed by atoms with E-state index < -0.39 is 6.89 Å². The van der Waals surface area contributed by atoms with Crippen molar-refractivity contribution in [3.63, 3.8) is 0 Å². The molecule has 0 nitrogen and oxygen atoms in total. The van der Waals surface area contributed by atoms with Crippen LogP contribution >= 0.6 is 32.1 Å². The first-order valence-corrected chi connectivity index (χ1v) is 10.5. The molecule has 118 valence electrons. The van der Waals surface area contributed by atoms with Crippen molar-refractivity contribution >= 4 is 51.9 Å². The fourth-order valence-corrected chi connectivity index (χ4v) is 9.90. The van der Waals surface area contributed by atoms with E-state index in [1.165, 1.54) is 19.9 Å². The van der Waals surface area contributed by atoms with E-state index in [4.69, 9.17) is 0 Å². The average Bonchev–Trinajstić information content (AvgIpc) is 2.58. The van der Waals surface area contributed by atoms with Crippen molar-refractivity contribution in [3.05, 3.63) is 91.0 Å². The lowest BCUT2D eigenvalue weighted by Gasteiger charge is -2.27. The lowest BCUT2D eigenvalue weighted by Crippen LogP contribution is -3.00. The first-order valence-electron chi connectivity index (χ1n) is 7.17. The highest BCUT2D eigenvalue weighted by Gasteiger charge is 2.29. The molecule has 1 unspecified atom stereocenters. The van der Waals surface area contributed by atoms with Gasteiger partial charge < -0.3 is 17.0 Å². The van der Waals surface area contributed by atoms with Crippen LogP contribution in [-0.2, 0) is 0 Å². The third-order valence-corrected chi connectivity index (χ3v) is 10.8. The fraction of sp³-hybridized carbons (Fsp3) is 0. The highest BCUT2D eigenvalue weighted by Crippen LogP contribution is 2.48. The second-order valence-corrected chi connectivity index (χ2v) is 12.4. The van der Waals surface area contributed by atoms with Gasteiger partial charge in [-0.3, -0.25) is 0 Å². The van der Waals surface area contributed by atoms with E-state index in [-0.39, 0.29) is 17.0 Å². The second-order valence-electron chi connectivity index (χ2n) is 5.05. The summed E-state index contributed by atoms with van der Waals surface area (Å²) in [6.45, 7) is -1.78. The molecule has 0 aliphatic rings. The average molecular weight is 468 g/mol. The minimum Gasteiger partial charge on any atom is -1.00 e. The third-order valence-electron chi connectivity index (χ3n) is 3.79. The van der Waals surface area contributed by atoms with Crippen molar-refractivity contribution in [2.45, 2.75) is 0 Å². The molecule has 0 N–H and O–H groups in total. The van der Waals surface area contributed by atoms with Gasteiger partial charge in [0.05, 0.1) is 0 Å². The molecule has 0 aliphatic heterocycles. The molecule has 0 spiro atoms.